The Labute approximate surface area is 205 Å². The predicted molar refractivity (Wildman–Crippen MR) is 127 cm³/mol. The van der Waals surface area contributed by atoms with Gasteiger partial charge in [0.2, 0.25) is 0 Å². The van der Waals surface area contributed by atoms with Gasteiger partial charge in [-0.25, -0.2) is 4.39 Å². The van der Waals surface area contributed by atoms with Gasteiger partial charge in [-0.05, 0) is 59.0 Å². The fraction of sp³-hybridized carbons (Fsp3) is 0.222. The minimum Gasteiger partial charge on any atom is -0.486 e. The molecule has 0 saturated carbocycles. The predicted octanol–water partition coefficient (Wildman–Crippen LogP) is 5.94. The van der Waals surface area contributed by atoms with E-state index in [4.69, 9.17) is 14.6 Å². The van der Waals surface area contributed by atoms with E-state index in [2.05, 4.69) is 5.32 Å². The van der Waals surface area contributed by atoms with E-state index in [1.807, 2.05) is 0 Å². The van der Waals surface area contributed by atoms with Gasteiger partial charge in [-0.2, -0.15) is 13.2 Å². The van der Waals surface area contributed by atoms with Crippen LogP contribution >= 0.6 is 0 Å². The maximum Gasteiger partial charge on any atom is 0.416 e. The number of aliphatic carboxylic acids is 1. The topological polar surface area (TPSA) is 67.8 Å². The van der Waals surface area contributed by atoms with Gasteiger partial charge in [0, 0.05) is 12.1 Å². The molecule has 0 amide bonds. The van der Waals surface area contributed by atoms with Crippen LogP contribution in [-0.2, 0) is 17.5 Å². The van der Waals surface area contributed by atoms with Gasteiger partial charge in [-0.1, -0.05) is 36.4 Å². The van der Waals surface area contributed by atoms with Crippen LogP contribution in [0.2, 0.25) is 0 Å². The Morgan fingerprint density at radius 2 is 1.78 bits per heavy atom. The quantitative estimate of drug-likeness (QED) is 0.310. The Kier molecular flexibility index (Phi) is 7.30. The van der Waals surface area contributed by atoms with Gasteiger partial charge in [0.05, 0.1) is 12.1 Å². The number of halogens is 4. The molecule has 0 radical (unpaired) electrons. The molecule has 5 nitrogen and oxygen atoms in total. The van der Waals surface area contributed by atoms with Crippen molar-refractivity contribution >= 4 is 18.1 Å². The summed E-state index contributed by atoms with van der Waals surface area (Å²) in [5.74, 6) is -1.25. The van der Waals surface area contributed by atoms with Crippen LogP contribution in [0.25, 0.3) is 23.3 Å². The molecule has 3 aromatic rings. The second kappa shape index (κ2) is 10.4. The van der Waals surface area contributed by atoms with Crippen LogP contribution < -0.4 is 14.8 Å². The van der Waals surface area contributed by atoms with Gasteiger partial charge in [-0.15, -0.1) is 0 Å². The Hall–Kier alpha value is -3.85. The molecular formula is C27H23F4NO4. The van der Waals surface area contributed by atoms with Crippen molar-refractivity contribution in [2.45, 2.75) is 19.6 Å². The van der Waals surface area contributed by atoms with Gasteiger partial charge in [0.1, 0.15) is 13.2 Å². The number of rotatable bonds is 7. The molecule has 0 fully saturated rings. The number of hydrogen-bond acceptors (Lipinski definition) is 4. The van der Waals surface area contributed by atoms with E-state index < -0.39 is 23.5 Å². The Bertz CT molecular complexity index is 1320. The number of nitrogens with one attached hydrogen (secondary N) is 1. The Balaban J connectivity index is 1.68. The van der Waals surface area contributed by atoms with Crippen LogP contribution in [0.5, 0.6) is 11.5 Å². The Morgan fingerprint density at radius 3 is 2.53 bits per heavy atom. The summed E-state index contributed by atoms with van der Waals surface area (Å²) in [4.78, 5) is 10.7. The number of alkyl halides is 3. The van der Waals surface area contributed by atoms with Crippen molar-refractivity contribution in [2.75, 3.05) is 19.8 Å². The Morgan fingerprint density at radius 1 is 1.03 bits per heavy atom. The van der Waals surface area contributed by atoms with Gasteiger partial charge in [-0.3, -0.25) is 4.79 Å². The first-order chi connectivity index (χ1) is 17.1. The smallest absolute Gasteiger partial charge is 0.416 e. The van der Waals surface area contributed by atoms with E-state index in [0.29, 0.717) is 40.2 Å². The highest BCUT2D eigenvalue weighted by Gasteiger charge is 2.32. The lowest BCUT2D eigenvalue weighted by Crippen LogP contribution is -2.22. The number of ether oxygens (including phenoxy) is 2. The van der Waals surface area contributed by atoms with Crippen LogP contribution in [0.1, 0.15) is 27.8 Å². The molecule has 0 spiro atoms. The average molecular weight is 501 g/mol. The molecule has 1 aliphatic heterocycles. The summed E-state index contributed by atoms with van der Waals surface area (Å²) < 4.78 is 66.9. The van der Waals surface area contributed by atoms with Gasteiger partial charge < -0.3 is 19.9 Å². The third-order valence-electron chi connectivity index (χ3n) is 5.78. The molecule has 0 atom stereocenters. The highest BCUT2D eigenvalue weighted by Crippen LogP contribution is 2.40. The first-order valence-corrected chi connectivity index (χ1v) is 11.1. The monoisotopic (exact) mass is 501 g/mol. The van der Waals surface area contributed by atoms with E-state index >= 15 is 4.39 Å². The van der Waals surface area contributed by atoms with E-state index in [9.17, 15) is 18.0 Å². The first-order valence-electron chi connectivity index (χ1n) is 11.1. The molecule has 9 heteroatoms. The van der Waals surface area contributed by atoms with Gasteiger partial charge in [0.25, 0.3) is 0 Å². The first kappa shape index (κ1) is 25.2. The summed E-state index contributed by atoms with van der Waals surface area (Å²) in [6.07, 6.45) is -1.67. The van der Waals surface area contributed by atoms with Crippen molar-refractivity contribution in [3.8, 4) is 22.6 Å². The van der Waals surface area contributed by atoms with E-state index in [0.717, 1.165) is 6.07 Å². The molecule has 36 heavy (non-hydrogen) atoms. The summed E-state index contributed by atoms with van der Waals surface area (Å²) in [7, 11) is 0. The minimum atomic E-state index is -4.57. The van der Waals surface area contributed by atoms with E-state index in [1.165, 1.54) is 18.2 Å². The lowest BCUT2D eigenvalue weighted by Gasteiger charge is -2.20. The van der Waals surface area contributed by atoms with Crippen LogP contribution in [0.3, 0.4) is 0 Å². The molecule has 0 aliphatic carbocycles. The second-order valence-corrected chi connectivity index (χ2v) is 8.22. The normalized spacial score (nSPS) is 13.2. The number of carboxylic acid groups (broad SMARTS) is 1. The zero-order chi connectivity index (χ0) is 25.9. The summed E-state index contributed by atoms with van der Waals surface area (Å²) in [6, 6.07) is 12.1. The summed E-state index contributed by atoms with van der Waals surface area (Å²) in [5, 5.41) is 11.4. The van der Waals surface area contributed by atoms with Crippen LogP contribution in [0.15, 0.2) is 48.5 Å². The molecular weight excluding hydrogens is 478 g/mol. The van der Waals surface area contributed by atoms with E-state index in [-0.39, 0.29) is 31.0 Å². The second-order valence-electron chi connectivity index (χ2n) is 8.22. The zero-order valence-electron chi connectivity index (χ0n) is 19.3. The van der Waals surface area contributed by atoms with Crippen molar-refractivity contribution in [1.29, 1.82) is 0 Å². The highest BCUT2D eigenvalue weighted by atomic mass is 19.4. The molecule has 0 saturated heterocycles. The number of benzene rings is 3. The highest BCUT2D eigenvalue weighted by molar-refractivity contribution is 5.79. The van der Waals surface area contributed by atoms with Crippen molar-refractivity contribution in [3.05, 3.63) is 82.2 Å². The van der Waals surface area contributed by atoms with Crippen LogP contribution in [0, 0.1) is 12.7 Å². The molecule has 0 aromatic heterocycles. The number of carbonyl (C=O) groups is 1. The average Bonchev–Trinajstić information content (AvgIpc) is 2.83. The fourth-order valence-electron chi connectivity index (χ4n) is 4.03. The summed E-state index contributed by atoms with van der Waals surface area (Å²) in [6.45, 7) is 2.13. The SMILES string of the molecule is Cc1c(/C=C/c2cc(CNCC(=O)O)ccc2C(F)(F)F)cccc1-c1ccc2c(c1F)OCCO2. The van der Waals surface area contributed by atoms with Crippen molar-refractivity contribution in [1.82, 2.24) is 5.32 Å². The van der Waals surface area contributed by atoms with Crippen molar-refractivity contribution in [3.63, 3.8) is 0 Å². The molecule has 0 unspecified atom stereocenters. The van der Waals surface area contributed by atoms with Crippen molar-refractivity contribution in [2.24, 2.45) is 0 Å². The number of carboxylic acids is 1. The minimum absolute atomic E-state index is 0.0437. The maximum absolute atomic E-state index is 15.2. The largest absolute Gasteiger partial charge is 0.486 e. The molecule has 1 aliphatic rings. The number of fused-ring (bicyclic) bond motifs is 1. The zero-order valence-corrected chi connectivity index (χ0v) is 19.3. The summed E-state index contributed by atoms with van der Waals surface area (Å²) in [5.41, 5.74) is 1.80. The molecule has 3 aromatic carbocycles. The third-order valence-corrected chi connectivity index (χ3v) is 5.78. The lowest BCUT2D eigenvalue weighted by atomic mass is 9.94. The fourth-order valence-corrected chi connectivity index (χ4v) is 4.03. The van der Waals surface area contributed by atoms with Crippen LogP contribution in [-0.4, -0.2) is 30.8 Å². The van der Waals surface area contributed by atoms with Crippen LogP contribution in [0.4, 0.5) is 17.6 Å². The standard InChI is InChI=1S/C27H23F4NO4/c1-16-18(3-2-4-20(16)21-8-10-23-26(25(21)28)36-12-11-35-23)6-7-19-13-17(14-32-15-24(33)34)5-9-22(19)27(29,30)31/h2-10,13,32H,11-12,14-15H2,1H3,(H,33,34)/b7-6+. The molecule has 2 N–H and O–H groups in total. The molecule has 1 heterocycles. The molecule has 4 rings (SSSR count). The molecule has 0 bridgehead atoms. The maximum atomic E-state index is 15.2. The lowest BCUT2D eigenvalue weighted by molar-refractivity contribution is -0.138. The molecule has 188 valence electrons. The third kappa shape index (κ3) is 5.52. The van der Waals surface area contributed by atoms with E-state index in [1.54, 1.807) is 43.3 Å². The van der Waals surface area contributed by atoms with Gasteiger partial charge in [0.15, 0.2) is 17.3 Å². The summed E-state index contributed by atoms with van der Waals surface area (Å²) >= 11 is 0. The van der Waals surface area contributed by atoms with Gasteiger partial charge >= 0.3 is 12.1 Å². The van der Waals surface area contributed by atoms with Crippen molar-refractivity contribution < 1.29 is 36.9 Å². The number of hydrogen-bond donors (Lipinski definition) is 2.